The van der Waals surface area contributed by atoms with E-state index in [2.05, 4.69) is 79.0 Å². The smallest absolute Gasteiger partial charge is 0.238 e. The van der Waals surface area contributed by atoms with Gasteiger partial charge >= 0.3 is 0 Å². The van der Waals surface area contributed by atoms with Crippen LogP contribution in [0.1, 0.15) is 60.8 Å². The quantitative estimate of drug-likeness (QED) is 0.248. The van der Waals surface area contributed by atoms with Crippen LogP contribution in [0.5, 0.6) is 0 Å². The lowest BCUT2D eigenvalue weighted by atomic mass is 9.98. The molecular formula is C26H52O4Si3. The number of ether oxygens (including phenoxy) is 2. The van der Waals surface area contributed by atoms with Gasteiger partial charge in [-0.25, -0.2) is 0 Å². The Morgan fingerprint density at radius 1 is 0.848 bits per heavy atom. The van der Waals surface area contributed by atoms with Crippen molar-refractivity contribution in [3.05, 3.63) is 23.6 Å². The first-order chi connectivity index (χ1) is 15.6. The fourth-order valence-electron chi connectivity index (χ4n) is 5.16. The molecule has 0 saturated carbocycles. The molecule has 2 fully saturated rings. The summed E-state index contributed by atoms with van der Waals surface area (Å²) in [5, 5.41) is 0. The van der Waals surface area contributed by atoms with Crippen molar-refractivity contribution in [2.24, 2.45) is 0 Å². The standard InChI is InChI=1S/C26H52O4Si3/c1-10-32(11-2,12-3)29-24-23(19-18-22-31(7,8)9)28-26(20-16-17-21-27-26)25(24)30-33(13-4,14-5)15-6/h18-19,22,24-25H,10-17,20-21H2,1-9H3/b22-18+,23-19-/t24-,25+,26-/m0/s1. The van der Waals surface area contributed by atoms with Crippen molar-refractivity contribution in [2.75, 3.05) is 6.61 Å². The normalized spacial score (nSPS) is 28.2. The zero-order valence-corrected chi connectivity index (χ0v) is 26.1. The van der Waals surface area contributed by atoms with Crippen molar-refractivity contribution in [3.8, 4) is 0 Å². The highest BCUT2D eigenvalue weighted by atomic mass is 28.4. The maximum atomic E-state index is 7.24. The zero-order chi connectivity index (χ0) is 24.8. The molecule has 2 aliphatic heterocycles. The van der Waals surface area contributed by atoms with Crippen molar-refractivity contribution in [1.29, 1.82) is 0 Å². The van der Waals surface area contributed by atoms with Gasteiger partial charge in [0.1, 0.15) is 18.0 Å². The second-order valence-corrected chi connectivity index (χ2v) is 25.6. The summed E-state index contributed by atoms with van der Waals surface area (Å²) in [6, 6.07) is 6.70. The van der Waals surface area contributed by atoms with Crippen LogP contribution in [-0.2, 0) is 18.3 Å². The Bertz CT molecular complexity index is 640. The minimum absolute atomic E-state index is 0.169. The fraction of sp³-hybridized carbons (Fsp3) is 0.846. The van der Waals surface area contributed by atoms with E-state index in [0.717, 1.165) is 67.9 Å². The highest BCUT2D eigenvalue weighted by molar-refractivity contribution is 6.81. The number of hydrogen-bond acceptors (Lipinski definition) is 4. The van der Waals surface area contributed by atoms with Gasteiger partial charge in [0.05, 0.1) is 14.7 Å². The molecule has 0 radical (unpaired) electrons. The van der Waals surface area contributed by atoms with E-state index in [-0.39, 0.29) is 12.2 Å². The average Bonchev–Trinajstić information content (AvgIpc) is 3.06. The van der Waals surface area contributed by atoms with Gasteiger partial charge in [0.25, 0.3) is 0 Å². The van der Waals surface area contributed by atoms with Crippen molar-refractivity contribution in [3.63, 3.8) is 0 Å². The van der Waals surface area contributed by atoms with Crippen LogP contribution in [0.2, 0.25) is 55.9 Å². The van der Waals surface area contributed by atoms with Crippen LogP contribution in [0, 0.1) is 0 Å². The first kappa shape index (κ1) is 29.0. The molecule has 0 unspecified atom stereocenters. The minimum Gasteiger partial charge on any atom is -0.461 e. The molecule has 4 nitrogen and oxygen atoms in total. The topological polar surface area (TPSA) is 36.9 Å². The van der Waals surface area contributed by atoms with Crippen LogP contribution in [0.15, 0.2) is 23.6 Å². The van der Waals surface area contributed by atoms with Gasteiger partial charge in [-0.15, -0.1) is 0 Å². The second kappa shape index (κ2) is 12.2. The molecule has 0 aromatic carbocycles. The molecular weight excluding hydrogens is 461 g/mol. The summed E-state index contributed by atoms with van der Waals surface area (Å²) >= 11 is 0. The summed E-state index contributed by atoms with van der Waals surface area (Å²) in [6.07, 6.45) is 7.11. The molecule has 2 heterocycles. The van der Waals surface area contributed by atoms with E-state index >= 15 is 0 Å². The maximum absolute atomic E-state index is 7.24. The van der Waals surface area contributed by atoms with Gasteiger partial charge in [0, 0.05) is 6.42 Å². The number of allylic oxidation sites excluding steroid dienone is 2. The van der Waals surface area contributed by atoms with Gasteiger partial charge in [0.15, 0.2) is 16.6 Å². The Kier molecular flexibility index (Phi) is 10.7. The third kappa shape index (κ3) is 6.94. The lowest BCUT2D eigenvalue weighted by Gasteiger charge is -2.43. The minimum atomic E-state index is -1.89. The zero-order valence-electron chi connectivity index (χ0n) is 23.1. The lowest BCUT2D eigenvalue weighted by molar-refractivity contribution is -0.253. The molecule has 7 heteroatoms. The van der Waals surface area contributed by atoms with Gasteiger partial charge in [0.2, 0.25) is 5.79 Å². The SMILES string of the molecule is CC[Si](CC)(CC)O[C@@H]1[C@@H](O[Si](CC)(CC)CC)/C(=C/C=C/[Si](C)(C)C)O[C@@]12CCCCO2. The van der Waals surface area contributed by atoms with Crippen molar-refractivity contribution in [2.45, 2.75) is 135 Å². The van der Waals surface area contributed by atoms with E-state index in [9.17, 15) is 0 Å². The molecule has 0 bridgehead atoms. The molecule has 33 heavy (non-hydrogen) atoms. The summed E-state index contributed by atoms with van der Waals surface area (Å²) in [4.78, 5) is 0. The van der Waals surface area contributed by atoms with E-state index in [1.54, 1.807) is 0 Å². The van der Waals surface area contributed by atoms with Gasteiger partial charge in [-0.1, -0.05) is 73.0 Å². The van der Waals surface area contributed by atoms with Crippen molar-refractivity contribution >= 4 is 24.7 Å². The molecule has 0 N–H and O–H groups in total. The predicted molar refractivity (Wildman–Crippen MR) is 148 cm³/mol. The molecule has 0 amide bonds. The molecule has 1 spiro atoms. The van der Waals surface area contributed by atoms with Gasteiger partial charge in [-0.2, -0.15) is 0 Å². The van der Waals surface area contributed by atoms with Crippen molar-refractivity contribution < 1.29 is 18.3 Å². The molecule has 3 atom stereocenters. The van der Waals surface area contributed by atoms with E-state index in [1.807, 2.05) is 0 Å². The Morgan fingerprint density at radius 2 is 1.39 bits per heavy atom. The first-order valence-electron chi connectivity index (χ1n) is 13.7. The van der Waals surface area contributed by atoms with Crippen LogP contribution < -0.4 is 0 Å². The summed E-state index contributed by atoms with van der Waals surface area (Å²) < 4.78 is 27.7. The highest BCUT2D eigenvalue weighted by Crippen LogP contribution is 2.47. The van der Waals surface area contributed by atoms with E-state index < -0.39 is 30.5 Å². The molecule has 2 aliphatic rings. The molecule has 0 aromatic rings. The van der Waals surface area contributed by atoms with Crippen LogP contribution in [0.4, 0.5) is 0 Å². The summed E-state index contributed by atoms with van der Waals surface area (Å²) in [5.41, 5.74) is 2.37. The Hall–Kier alpha value is -0.189. The maximum Gasteiger partial charge on any atom is 0.238 e. The monoisotopic (exact) mass is 512 g/mol. The highest BCUT2D eigenvalue weighted by Gasteiger charge is 2.59. The Labute approximate surface area is 207 Å². The van der Waals surface area contributed by atoms with Gasteiger partial charge < -0.3 is 18.3 Å². The fourth-order valence-corrected chi connectivity index (χ4v) is 11.5. The van der Waals surface area contributed by atoms with Crippen LogP contribution >= 0.6 is 0 Å². The van der Waals surface area contributed by atoms with E-state index in [4.69, 9.17) is 18.3 Å². The molecule has 0 aliphatic carbocycles. The summed E-state index contributed by atoms with van der Waals surface area (Å²) in [7, 11) is -5.09. The summed E-state index contributed by atoms with van der Waals surface area (Å²) in [6.45, 7) is 21.6. The van der Waals surface area contributed by atoms with Gasteiger partial charge in [-0.3, -0.25) is 0 Å². The third-order valence-electron chi connectivity index (χ3n) is 8.02. The van der Waals surface area contributed by atoms with Crippen molar-refractivity contribution in [1.82, 2.24) is 0 Å². The molecule has 0 aromatic heterocycles. The Balaban J connectivity index is 2.57. The first-order valence-corrected chi connectivity index (χ1v) is 22.3. The van der Waals surface area contributed by atoms with E-state index in [0.29, 0.717) is 0 Å². The third-order valence-corrected chi connectivity index (χ3v) is 18.5. The largest absolute Gasteiger partial charge is 0.461 e. The lowest BCUT2D eigenvalue weighted by Crippen LogP contribution is -2.56. The Morgan fingerprint density at radius 3 is 1.85 bits per heavy atom. The van der Waals surface area contributed by atoms with Crippen LogP contribution in [-0.4, -0.2) is 49.3 Å². The molecule has 2 rings (SSSR count). The molecule has 192 valence electrons. The second-order valence-electron chi connectivity index (χ2n) is 11.1. The van der Waals surface area contributed by atoms with Crippen LogP contribution in [0.25, 0.3) is 0 Å². The van der Waals surface area contributed by atoms with Gasteiger partial charge in [-0.05, 0) is 55.2 Å². The van der Waals surface area contributed by atoms with Crippen LogP contribution in [0.3, 0.4) is 0 Å². The number of rotatable bonds is 12. The van der Waals surface area contributed by atoms with E-state index in [1.165, 1.54) is 0 Å². The number of hydrogen-bond donors (Lipinski definition) is 0. The molecule has 2 saturated heterocycles. The predicted octanol–water partition coefficient (Wildman–Crippen LogP) is 8.01. The average molecular weight is 513 g/mol. The summed E-state index contributed by atoms with van der Waals surface area (Å²) in [5.74, 6) is 0.226.